The fourth-order valence-corrected chi connectivity index (χ4v) is 3.31. The summed E-state index contributed by atoms with van der Waals surface area (Å²) in [5.74, 6) is -2.80. The molecular formula is C24H25NO9. The zero-order valence-corrected chi connectivity index (χ0v) is 19.6. The molecule has 0 unspecified atom stereocenters. The standard InChI is InChI=1S/C24H25NO9/c1-13-20(18(30-2)11-15(22(27)32-4)21(13)24(29)34-6)14-9-7-8-10-16(14)25-17(23(28)33-5)12-19(26)31-3/h7-12,25H,1-6H3/b17-12-. The summed E-state index contributed by atoms with van der Waals surface area (Å²) in [6.07, 6.45) is 0.951. The van der Waals surface area contributed by atoms with Gasteiger partial charge in [-0.2, -0.15) is 0 Å². The van der Waals surface area contributed by atoms with Crippen LogP contribution in [0.25, 0.3) is 11.1 Å². The molecule has 2 rings (SSSR count). The van der Waals surface area contributed by atoms with E-state index in [9.17, 15) is 19.2 Å². The Morgan fingerprint density at radius 2 is 1.50 bits per heavy atom. The first-order valence-corrected chi connectivity index (χ1v) is 9.86. The first-order valence-electron chi connectivity index (χ1n) is 9.86. The highest BCUT2D eigenvalue weighted by Crippen LogP contribution is 2.41. The molecule has 180 valence electrons. The molecule has 10 heteroatoms. The van der Waals surface area contributed by atoms with Crippen LogP contribution < -0.4 is 10.1 Å². The van der Waals surface area contributed by atoms with Gasteiger partial charge in [-0.05, 0) is 24.6 Å². The highest BCUT2D eigenvalue weighted by molar-refractivity contribution is 6.07. The average molecular weight is 471 g/mol. The molecule has 1 N–H and O–H groups in total. The lowest BCUT2D eigenvalue weighted by Gasteiger charge is -2.20. The van der Waals surface area contributed by atoms with E-state index in [0.29, 0.717) is 22.4 Å². The number of rotatable bonds is 8. The predicted molar refractivity (Wildman–Crippen MR) is 122 cm³/mol. The fourth-order valence-electron chi connectivity index (χ4n) is 3.31. The van der Waals surface area contributed by atoms with Crippen molar-refractivity contribution in [2.24, 2.45) is 0 Å². The van der Waals surface area contributed by atoms with Crippen LogP contribution in [-0.4, -0.2) is 59.4 Å². The largest absolute Gasteiger partial charge is 0.496 e. The Labute approximate surface area is 196 Å². The summed E-state index contributed by atoms with van der Waals surface area (Å²) in [6.45, 7) is 1.62. The zero-order valence-electron chi connectivity index (χ0n) is 19.6. The Morgan fingerprint density at radius 1 is 0.853 bits per heavy atom. The number of esters is 4. The van der Waals surface area contributed by atoms with E-state index in [1.165, 1.54) is 41.6 Å². The van der Waals surface area contributed by atoms with E-state index in [1.807, 2.05) is 0 Å². The molecule has 0 fully saturated rings. The van der Waals surface area contributed by atoms with Crippen LogP contribution in [0.2, 0.25) is 0 Å². The lowest BCUT2D eigenvalue weighted by Crippen LogP contribution is -2.17. The van der Waals surface area contributed by atoms with Gasteiger partial charge >= 0.3 is 23.9 Å². The predicted octanol–water partition coefficient (Wildman–Crippen LogP) is 2.89. The fraction of sp³-hybridized carbons (Fsp3) is 0.250. The Morgan fingerprint density at radius 3 is 2.06 bits per heavy atom. The summed E-state index contributed by atoms with van der Waals surface area (Å²) < 4.78 is 24.6. The topological polar surface area (TPSA) is 126 Å². The molecule has 0 saturated carbocycles. The summed E-state index contributed by atoms with van der Waals surface area (Å²) in [6, 6.07) is 8.16. The van der Waals surface area contributed by atoms with E-state index >= 15 is 0 Å². The maximum atomic E-state index is 12.6. The van der Waals surface area contributed by atoms with Crippen LogP contribution >= 0.6 is 0 Å². The first-order chi connectivity index (χ1) is 16.2. The SMILES string of the molecule is COC(=O)/C=C(\Nc1ccccc1-c1c(OC)cc(C(=O)OC)c(C(=O)OC)c1C)C(=O)OC. The van der Waals surface area contributed by atoms with Crippen LogP contribution in [0.15, 0.2) is 42.1 Å². The summed E-state index contributed by atoms with van der Waals surface area (Å²) >= 11 is 0. The Kier molecular flexibility index (Phi) is 8.77. The first kappa shape index (κ1) is 25.9. The minimum Gasteiger partial charge on any atom is -0.496 e. The normalized spacial score (nSPS) is 10.7. The van der Waals surface area contributed by atoms with E-state index in [4.69, 9.17) is 18.9 Å². The number of anilines is 1. The summed E-state index contributed by atoms with van der Waals surface area (Å²) in [4.78, 5) is 49.0. The third-order valence-corrected chi connectivity index (χ3v) is 4.89. The van der Waals surface area contributed by atoms with Crippen molar-refractivity contribution in [1.82, 2.24) is 0 Å². The number of carbonyl (C=O) groups is 4. The number of carbonyl (C=O) groups excluding carboxylic acids is 4. The van der Waals surface area contributed by atoms with Gasteiger partial charge in [0.15, 0.2) is 0 Å². The van der Waals surface area contributed by atoms with Gasteiger partial charge in [0.05, 0.1) is 52.8 Å². The molecule has 0 atom stereocenters. The van der Waals surface area contributed by atoms with Crippen LogP contribution in [0.3, 0.4) is 0 Å². The van der Waals surface area contributed by atoms with Crippen LogP contribution in [0, 0.1) is 6.92 Å². The molecule has 0 aliphatic rings. The van der Waals surface area contributed by atoms with Crippen LogP contribution in [0.1, 0.15) is 26.3 Å². The van der Waals surface area contributed by atoms with Crippen molar-refractivity contribution in [3.05, 3.63) is 58.8 Å². The van der Waals surface area contributed by atoms with Crippen molar-refractivity contribution < 1.29 is 42.9 Å². The molecule has 0 radical (unpaired) electrons. The van der Waals surface area contributed by atoms with Crippen LogP contribution in [-0.2, 0) is 28.5 Å². The molecule has 0 heterocycles. The third kappa shape index (κ3) is 5.34. The molecule has 0 amide bonds. The molecule has 0 aromatic heterocycles. The number of benzene rings is 2. The second kappa shape index (κ2) is 11.5. The number of hydrogen-bond donors (Lipinski definition) is 1. The molecule has 2 aromatic carbocycles. The smallest absolute Gasteiger partial charge is 0.354 e. The Balaban J connectivity index is 2.82. The van der Waals surface area contributed by atoms with Gasteiger partial charge in [-0.3, -0.25) is 0 Å². The minimum absolute atomic E-state index is 0.00162. The molecule has 0 aliphatic carbocycles. The second-order valence-corrected chi connectivity index (χ2v) is 6.73. The number of para-hydroxylation sites is 1. The van der Waals surface area contributed by atoms with Gasteiger partial charge < -0.3 is 29.0 Å². The average Bonchev–Trinajstić information content (AvgIpc) is 2.86. The monoisotopic (exact) mass is 471 g/mol. The zero-order chi connectivity index (χ0) is 25.4. The van der Waals surface area contributed by atoms with Crippen molar-refractivity contribution in [3.63, 3.8) is 0 Å². The van der Waals surface area contributed by atoms with Gasteiger partial charge in [-0.15, -0.1) is 0 Å². The maximum absolute atomic E-state index is 12.6. The molecule has 0 saturated heterocycles. The summed E-state index contributed by atoms with van der Waals surface area (Å²) in [5, 5.41) is 2.87. The summed E-state index contributed by atoms with van der Waals surface area (Å²) in [7, 11) is 6.14. The number of hydrogen-bond acceptors (Lipinski definition) is 10. The van der Waals surface area contributed by atoms with Gasteiger partial charge in [0.25, 0.3) is 0 Å². The van der Waals surface area contributed by atoms with E-state index in [2.05, 4.69) is 10.1 Å². The van der Waals surface area contributed by atoms with Crippen molar-refractivity contribution in [2.75, 3.05) is 40.9 Å². The molecule has 10 nitrogen and oxygen atoms in total. The van der Waals surface area contributed by atoms with Crippen molar-refractivity contribution in [2.45, 2.75) is 6.92 Å². The lowest BCUT2D eigenvalue weighted by atomic mass is 9.90. The lowest BCUT2D eigenvalue weighted by molar-refractivity contribution is -0.138. The van der Waals surface area contributed by atoms with E-state index < -0.39 is 23.9 Å². The number of methoxy groups -OCH3 is 5. The summed E-state index contributed by atoms with van der Waals surface area (Å²) in [5.41, 5.74) is 1.48. The highest BCUT2D eigenvalue weighted by Gasteiger charge is 2.28. The van der Waals surface area contributed by atoms with E-state index in [1.54, 1.807) is 31.2 Å². The van der Waals surface area contributed by atoms with Gasteiger partial charge in [0.2, 0.25) is 0 Å². The van der Waals surface area contributed by atoms with Crippen molar-refractivity contribution >= 4 is 29.6 Å². The molecular weight excluding hydrogens is 446 g/mol. The Hall–Kier alpha value is -4.34. The van der Waals surface area contributed by atoms with E-state index in [0.717, 1.165) is 6.08 Å². The molecule has 34 heavy (non-hydrogen) atoms. The van der Waals surface area contributed by atoms with Gasteiger partial charge in [0, 0.05) is 16.8 Å². The van der Waals surface area contributed by atoms with Crippen molar-refractivity contribution in [3.8, 4) is 16.9 Å². The minimum atomic E-state index is -0.805. The van der Waals surface area contributed by atoms with Crippen molar-refractivity contribution in [1.29, 1.82) is 0 Å². The third-order valence-electron chi connectivity index (χ3n) is 4.89. The molecule has 0 aliphatic heterocycles. The maximum Gasteiger partial charge on any atom is 0.354 e. The number of nitrogens with one attached hydrogen (secondary N) is 1. The van der Waals surface area contributed by atoms with Crippen LogP contribution in [0.5, 0.6) is 5.75 Å². The Bertz CT molecular complexity index is 1150. The highest BCUT2D eigenvalue weighted by atomic mass is 16.5. The van der Waals surface area contributed by atoms with Gasteiger partial charge in [-0.1, -0.05) is 18.2 Å². The van der Waals surface area contributed by atoms with Crippen LogP contribution in [0.4, 0.5) is 5.69 Å². The molecule has 0 bridgehead atoms. The molecule has 2 aromatic rings. The molecule has 0 spiro atoms. The van der Waals surface area contributed by atoms with E-state index in [-0.39, 0.29) is 22.6 Å². The van der Waals surface area contributed by atoms with Gasteiger partial charge in [0.1, 0.15) is 11.4 Å². The van der Waals surface area contributed by atoms with Gasteiger partial charge in [-0.25, -0.2) is 19.2 Å². The second-order valence-electron chi connectivity index (χ2n) is 6.73. The number of ether oxygens (including phenoxy) is 5. The quantitative estimate of drug-likeness (QED) is 0.349.